The third kappa shape index (κ3) is 6.85. The highest BCUT2D eigenvalue weighted by Crippen LogP contribution is 2.10. The molecule has 0 saturated carbocycles. The number of nitrogens with two attached hydrogens (primary N) is 1. The van der Waals surface area contributed by atoms with E-state index in [-0.39, 0.29) is 30.7 Å². The number of nitrogens with zero attached hydrogens (tertiary/aromatic N) is 2. The molecule has 0 bridgehead atoms. The Morgan fingerprint density at radius 3 is 2.69 bits per heavy atom. The number of morpholine rings is 1. The Bertz CT molecular complexity index is 836. The molecule has 3 rings (SSSR count). The van der Waals surface area contributed by atoms with Gasteiger partial charge in [0, 0.05) is 31.7 Å². The number of nitrogens with one attached hydrogen (secondary N) is 1. The maximum Gasteiger partial charge on any atom is 0.261 e. The minimum Gasteiger partial charge on any atom is -0.384 e. The number of hydrogen-bond acceptors (Lipinski definition) is 5. The number of halogens is 1. The van der Waals surface area contributed by atoms with Gasteiger partial charge < -0.3 is 20.6 Å². The van der Waals surface area contributed by atoms with E-state index in [0.717, 1.165) is 49.5 Å². The summed E-state index contributed by atoms with van der Waals surface area (Å²) >= 11 is 0. The average molecular weight is 400 g/mol. The first-order valence-electron chi connectivity index (χ1n) is 9.46. The average Bonchev–Trinajstić information content (AvgIpc) is 2.74. The van der Waals surface area contributed by atoms with Gasteiger partial charge in [0.1, 0.15) is 5.82 Å². The summed E-state index contributed by atoms with van der Waals surface area (Å²) in [4.78, 5) is 19.2. The normalized spacial score (nSPS) is 15.1. The van der Waals surface area contributed by atoms with Crippen LogP contribution in [0.25, 0.3) is 0 Å². The fraction of sp³-hybridized carbons (Fsp3) is 0.333. The molecule has 154 valence electrons. The zero-order valence-electron chi connectivity index (χ0n) is 16.1. The van der Waals surface area contributed by atoms with Crippen molar-refractivity contribution in [2.45, 2.75) is 13.1 Å². The second kappa shape index (κ2) is 10.5. The largest absolute Gasteiger partial charge is 0.384 e. The van der Waals surface area contributed by atoms with Crippen LogP contribution in [0.15, 0.2) is 53.7 Å². The fourth-order valence-corrected chi connectivity index (χ4v) is 2.91. The van der Waals surface area contributed by atoms with Crippen LogP contribution in [-0.2, 0) is 27.5 Å². The number of carbonyl (C=O) groups is 1. The quantitative estimate of drug-likeness (QED) is 0.399. The highest BCUT2D eigenvalue weighted by atomic mass is 19.1. The number of rotatable bonds is 8. The number of oxime groups is 1. The van der Waals surface area contributed by atoms with Crippen LogP contribution in [0.5, 0.6) is 0 Å². The molecular formula is C21H25FN4O3. The topological polar surface area (TPSA) is 89.2 Å². The van der Waals surface area contributed by atoms with E-state index in [2.05, 4.69) is 15.4 Å². The number of ether oxygens (including phenoxy) is 1. The lowest BCUT2D eigenvalue weighted by Crippen LogP contribution is -2.35. The van der Waals surface area contributed by atoms with Crippen LogP contribution in [-0.4, -0.2) is 49.6 Å². The molecule has 0 radical (unpaired) electrons. The van der Waals surface area contributed by atoms with Crippen molar-refractivity contribution in [3.05, 3.63) is 71.0 Å². The molecule has 0 spiro atoms. The second-order valence-electron chi connectivity index (χ2n) is 6.74. The molecule has 0 atom stereocenters. The van der Waals surface area contributed by atoms with E-state index >= 15 is 0 Å². The van der Waals surface area contributed by atoms with Gasteiger partial charge in [0.25, 0.3) is 5.91 Å². The molecule has 1 aliphatic heterocycles. The monoisotopic (exact) mass is 400 g/mol. The minimum absolute atomic E-state index is 0.208. The minimum atomic E-state index is -0.341. The molecule has 29 heavy (non-hydrogen) atoms. The zero-order chi connectivity index (χ0) is 20.5. The van der Waals surface area contributed by atoms with E-state index in [1.54, 1.807) is 12.1 Å². The highest BCUT2D eigenvalue weighted by Gasteiger charge is 2.11. The van der Waals surface area contributed by atoms with Gasteiger partial charge in [-0.1, -0.05) is 35.5 Å². The predicted octanol–water partition coefficient (Wildman–Crippen LogP) is 1.61. The van der Waals surface area contributed by atoms with E-state index in [4.69, 9.17) is 15.3 Å². The van der Waals surface area contributed by atoms with Crippen molar-refractivity contribution in [3.8, 4) is 0 Å². The van der Waals surface area contributed by atoms with Gasteiger partial charge in [-0.05, 0) is 29.3 Å². The van der Waals surface area contributed by atoms with Gasteiger partial charge in [0.05, 0.1) is 13.2 Å². The molecule has 0 aliphatic carbocycles. The summed E-state index contributed by atoms with van der Waals surface area (Å²) in [6.07, 6.45) is 0. The first kappa shape index (κ1) is 20.8. The molecule has 0 unspecified atom stereocenters. The number of benzene rings is 2. The highest BCUT2D eigenvalue weighted by molar-refractivity contribution is 5.97. The van der Waals surface area contributed by atoms with Crippen molar-refractivity contribution in [2.24, 2.45) is 10.9 Å². The summed E-state index contributed by atoms with van der Waals surface area (Å²) in [5.41, 5.74) is 8.64. The van der Waals surface area contributed by atoms with Crippen LogP contribution in [0, 0.1) is 5.82 Å². The molecule has 1 saturated heterocycles. The van der Waals surface area contributed by atoms with Crippen LogP contribution >= 0.6 is 0 Å². The Labute approximate surface area is 169 Å². The fourth-order valence-electron chi connectivity index (χ4n) is 2.91. The molecular weight excluding hydrogens is 375 g/mol. The van der Waals surface area contributed by atoms with Gasteiger partial charge >= 0.3 is 0 Å². The van der Waals surface area contributed by atoms with Crippen molar-refractivity contribution in [3.63, 3.8) is 0 Å². The van der Waals surface area contributed by atoms with E-state index in [9.17, 15) is 9.18 Å². The van der Waals surface area contributed by atoms with Crippen molar-refractivity contribution in [2.75, 3.05) is 32.9 Å². The Morgan fingerprint density at radius 1 is 1.17 bits per heavy atom. The number of amidine groups is 1. The van der Waals surface area contributed by atoms with E-state index in [0.29, 0.717) is 0 Å². The zero-order valence-corrected chi connectivity index (χ0v) is 16.1. The smallest absolute Gasteiger partial charge is 0.261 e. The molecule has 8 heteroatoms. The summed E-state index contributed by atoms with van der Waals surface area (Å²) in [5.74, 6) is -0.450. The predicted molar refractivity (Wildman–Crippen MR) is 107 cm³/mol. The maximum atomic E-state index is 12.9. The summed E-state index contributed by atoms with van der Waals surface area (Å²) in [5, 5.41) is 6.51. The molecule has 3 N–H and O–H groups in total. The van der Waals surface area contributed by atoms with Crippen molar-refractivity contribution in [1.82, 2.24) is 10.2 Å². The Balaban J connectivity index is 1.45. The van der Waals surface area contributed by atoms with Gasteiger partial charge in [-0.15, -0.1) is 0 Å². The molecule has 2 aromatic rings. The Morgan fingerprint density at radius 2 is 1.93 bits per heavy atom. The molecule has 0 aromatic heterocycles. The maximum absolute atomic E-state index is 12.9. The molecule has 1 amide bonds. The third-order valence-corrected chi connectivity index (χ3v) is 4.49. The van der Waals surface area contributed by atoms with Crippen LogP contribution in [0.1, 0.15) is 16.7 Å². The van der Waals surface area contributed by atoms with Gasteiger partial charge in [0.15, 0.2) is 12.4 Å². The van der Waals surface area contributed by atoms with Gasteiger partial charge in [-0.2, -0.15) is 0 Å². The van der Waals surface area contributed by atoms with Gasteiger partial charge in [-0.25, -0.2) is 4.39 Å². The van der Waals surface area contributed by atoms with E-state index in [1.165, 1.54) is 12.1 Å². The van der Waals surface area contributed by atoms with Crippen molar-refractivity contribution in [1.29, 1.82) is 0 Å². The molecule has 1 heterocycles. The van der Waals surface area contributed by atoms with Crippen molar-refractivity contribution >= 4 is 11.7 Å². The molecule has 7 nitrogen and oxygen atoms in total. The van der Waals surface area contributed by atoms with E-state index in [1.807, 2.05) is 24.3 Å². The molecule has 2 aromatic carbocycles. The van der Waals surface area contributed by atoms with Crippen LogP contribution < -0.4 is 11.1 Å². The lowest BCUT2D eigenvalue weighted by atomic mass is 10.1. The standard InChI is InChI=1S/C21H25FN4O3/c22-19-6-4-16(5-7-19)13-24-20(27)15-29-25-21(23)18-3-1-2-17(12-18)14-26-8-10-28-11-9-26/h1-7,12H,8-11,13-15H2,(H2,23,25)(H,24,27). The van der Waals surface area contributed by atoms with E-state index < -0.39 is 0 Å². The number of hydrogen-bond donors (Lipinski definition) is 2. The lowest BCUT2D eigenvalue weighted by molar-refractivity contribution is -0.125. The molecule has 1 fully saturated rings. The first-order valence-corrected chi connectivity index (χ1v) is 9.46. The lowest BCUT2D eigenvalue weighted by Gasteiger charge is -2.26. The van der Waals surface area contributed by atoms with Crippen molar-refractivity contribution < 1.29 is 18.8 Å². The summed E-state index contributed by atoms with van der Waals surface area (Å²) in [7, 11) is 0. The van der Waals surface area contributed by atoms with Gasteiger partial charge in [-0.3, -0.25) is 9.69 Å². The van der Waals surface area contributed by atoms with Gasteiger partial charge in [0.2, 0.25) is 0 Å². The Kier molecular flexibility index (Phi) is 7.54. The summed E-state index contributed by atoms with van der Waals surface area (Å²) < 4.78 is 18.2. The van der Waals surface area contributed by atoms with Crippen LogP contribution in [0.4, 0.5) is 4.39 Å². The first-order chi connectivity index (χ1) is 14.1. The van der Waals surface area contributed by atoms with Crippen LogP contribution in [0.3, 0.4) is 0 Å². The number of amides is 1. The Hall–Kier alpha value is -2.97. The SMILES string of the molecule is N/C(=N\OCC(=O)NCc1ccc(F)cc1)c1cccc(CN2CCOCC2)c1. The second-order valence-corrected chi connectivity index (χ2v) is 6.74. The summed E-state index contributed by atoms with van der Waals surface area (Å²) in [6, 6.07) is 13.7. The summed E-state index contributed by atoms with van der Waals surface area (Å²) in [6.45, 7) is 4.16. The number of carbonyl (C=O) groups excluding carboxylic acids is 1. The molecule has 1 aliphatic rings. The third-order valence-electron chi connectivity index (χ3n) is 4.49. The van der Waals surface area contributed by atoms with Crippen LogP contribution in [0.2, 0.25) is 0 Å².